The second kappa shape index (κ2) is 5.95. The maximum absolute atomic E-state index is 12.3. The number of benzene rings is 1. The van der Waals surface area contributed by atoms with Gasteiger partial charge in [-0.3, -0.25) is 4.79 Å². The number of aliphatic carboxylic acids is 1. The Morgan fingerprint density at radius 2 is 1.88 bits per heavy atom. The van der Waals surface area contributed by atoms with Crippen LogP contribution < -0.4 is 0 Å². The maximum atomic E-state index is 12.3. The third kappa shape index (κ3) is 4.68. The van der Waals surface area contributed by atoms with Crippen LogP contribution in [0.15, 0.2) is 30.3 Å². The molecule has 0 aromatic heterocycles. The minimum absolute atomic E-state index is 0.376. The van der Waals surface area contributed by atoms with Gasteiger partial charge in [-0.25, -0.2) is 0 Å². The van der Waals surface area contributed by atoms with E-state index in [0.29, 0.717) is 5.75 Å². The lowest BCUT2D eigenvalue weighted by Crippen LogP contribution is -2.32. The molecule has 0 aliphatic carbocycles. The average molecular weight is 264 g/mol. The van der Waals surface area contributed by atoms with Crippen LogP contribution in [0.1, 0.15) is 5.56 Å². The monoisotopic (exact) mass is 264 g/mol. The minimum Gasteiger partial charge on any atom is -0.481 e. The van der Waals surface area contributed by atoms with Crippen molar-refractivity contribution in [3.8, 4) is 0 Å². The van der Waals surface area contributed by atoms with Gasteiger partial charge in [-0.2, -0.15) is 24.9 Å². The van der Waals surface area contributed by atoms with E-state index >= 15 is 0 Å². The Bertz CT molecular complexity index is 365. The van der Waals surface area contributed by atoms with Gasteiger partial charge >= 0.3 is 12.1 Å². The quantitative estimate of drug-likeness (QED) is 0.887. The van der Waals surface area contributed by atoms with Gasteiger partial charge in [0.15, 0.2) is 5.92 Å². The third-order valence-corrected chi connectivity index (χ3v) is 3.20. The first kappa shape index (κ1) is 13.9. The third-order valence-electron chi connectivity index (χ3n) is 2.09. The molecule has 1 atom stereocenters. The summed E-state index contributed by atoms with van der Waals surface area (Å²) in [6.45, 7) is 0. The summed E-state index contributed by atoms with van der Waals surface area (Å²) < 4.78 is 36.9. The van der Waals surface area contributed by atoms with Gasteiger partial charge in [-0.05, 0) is 5.56 Å². The highest BCUT2D eigenvalue weighted by molar-refractivity contribution is 7.98. The SMILES string of the molecule is O=C(O)[C@H](CSCc1ccccc1)C(F)(F)F. The fourth-order valence-corrected chi connectivity index (χ4v) is 2.29. The van der Waals surface area contributed by atoms with E-state index in [1.54, 1.807) is 24.3 Å². The predicted octanol–water partition coefficient (Wildman–Crippen LogP) is 3.18. The summed E-state index contributed by atoms with van der Waals surface area (Å²) in [5.74, 6) is -4.21. The predicted molar refractivity (Wildman–Crippen MR) is 59.8 cm³/mol. The van der Waals surface area contributed by atoms with E-state index in [-0.39, 0.29) is 0 Å². The Labute approximate surface area is 101 Å². The molecule has 0 fully saturated rings. The maximum Gasteiger partial charge on any atom is 0.403 e. The normalized spacial score (nSPS) is 13.4. The Morgan fingerprint density at radius 1 is 1.29 bits per heavy atom. The largest absolute Gasteiger partial charge is 0.481 e. The molecular weight excluding hydrogens is 253 g/mol. The van der Waals surface area contributed by atoms with Gasteiger partial charge in [0.2, 0.25) is 0 Å². The summed E-state index contributed by atoms with van der Waals surface area (Å²) in [4.78, 5) is 10.5. The molecule has 0 spiro atoms. The minimum atomic E-state index is -4.68. The van der Waals surface area contributed by atoms with Crippen molar-refractivity contribution in [2.45, 2.75) is 11.9 Å². The van der Waals surface area contributed by atoms with Crippen molar-refractivity contribution in [1.29, 1.82) is 0 Å². The molecule has 1 aromatic carbocycles. The Hall–Kier alpha value is -1.17. The zero-order valence-corrected chi connectivity index (χ0v) is 9.59. The molecule has 0 aliphatic rings. The standard InChI is InChI=1S/C11H11F3O2S/c12-11(13,14)9(10(15)16)7-17-6-8-4-2-1-3-5-8/h1-5,9H,6-7H2,(H,15,16)/t9-/m0/s1. The molecule has 0 saturated carbocycles. The van der Waals surface area contributed by atoms with Crippen LogP contribution in [0.2, 0.25) is 0 Å². The van der Waals surface area contributed by atoms with Crippen LogP contribution in [0, 0.1) is 5.92 Å². The highest BCUT2D eigenvalue weighted by Gasteiger charge is 2.44. The smallest absolute Gasteiger partial charge is 0.403 e. The highest BCUT2D eigenvalue weighted by Crippen LogP contribution is 2.30. The summed E-state index contributed by atoms with van der Waals surface area (Å²) in [6.07, 6.45) is -4.68. The van der Waals surface area contributed by atoms with Gasteiger partial charge in [0.05, 0.1) is 0 Å². The van der Waals surface area contributed by atoms with Gasteiger partial charge in [-0.15, -0.1) is 0 Å². The first-order valence-electron chi connectivity index (χ1n) is 4.82. The van der Waals surface area contributed by atoms with Crippen molar-refractivity contribution < 1.29 is 23.1 Å². The highest BCUT2D eigenvalue weighted by atomic mass is 32.2. The van der Waals surface area contributed by atoms with Crippen molar-refractivity contribution in [1.82, 2.24) is 0 Å². The number of alkyl halides is 3. The second-order valence-electron chi connectivity index (χ2n) is 3.43. The lowest BCUT2D eigenvalue weighted by atomic mass is 10.2. The molecule has 94 valence electrons. The summed E-state index contributed by atoms with van der Waals surface area (Å²) in [7, 11) is 0. The Kier molecular flexibility index (Phi) is 4.86. The van der Waals surface area contributed by atoms with Crippen LogP contribution in [-0.2, 0) is 10.5 Å². The number of hydrogen-bond acceptors (Lipinski definition) is 2. The lowest BCUT2D eigenvalue weighted by molar-refractivity contribution is -0.188. The molecular formula is C11H11F3O2S. The van der Waals surface area contributed by atoms with Gasteiger partial charge in [0.25, 0.3) is 0 Å². The zero-order valence-electron chi connectivity index (χ0n) is 8.78. The van der Waals surface area contributed by atoms with Crippen molar-refractivity contribution >= 4 is 17.7 Å². The van der Waals surface area contributed by atoms with E-state index in [9.17, 15) is 18.0 Å². The van der Waals surface area contributed by atoms with Crippen molar-refractivity contribution in [3.63, 3.8) is 0 Å². The van der Waals surface area contributed by atoms with Crippen LogP contribution >= 0.6 is 11.8 Å². The van der Waals surface area contributed by atoms with Crippen molar-refractivity contribution in [3.05, 3.63) is 35.9 Å². The first-order chi connectivity index (χ1) is 7.91. The van der Waals surface area contributed by atoms with Crippen LogP contribution in [0.25, 0.3) is 0 Å². The molecule has 0 bridgehead atoms. The molecule has 0 aliphatic heterocycles. The van der Waals surface area contributed by atoms with E-state index in [4.69, 9.17) is 5.11 Å². The number of thioether (sulfide) groups is 1. The van der Waals surface area contributed by atoms with Crippen LogP contribution in [0.4, 0.5) is 13.2 Å². The molecule has 17 heavy (non-hydrogen) atoms. The fraction of sp³-hybridized carbons (Fsp3) is 0.364. The van der Waals surface area contributed by atoms with E-state index in [0.717, 1.165) is 17.3 Å². The van der Waals surface area contributed by atoms with Crippen molar-refractivity contribution in [2.75, 3.05) is 5.75 Å². The molecule has 0 saturated heterocycles. The Balaban J connectivity index is 2.46. The average Bonchev–Trinajstić information content (AvgIpc) is 2.23. The van der Waals surface area contributed by atoms with Gasteiger partial charge in [-0.1, -0.05) is 30.3 Å². The number of halogens is 3. The van der Waals surface area contributed by atoms with E-state index in [1.807, 2.05) is 6.07 Å². The molecule has 6 heteroatoms. The molecule has 2 nitrogen and oxygen atoms in total. The fourth-order valence-electron chi connectivity index (χ4n) is 1.17. The molecule has 0 amide bonds. The van der Waals surface area contributed by atoms with Crippen LogP contribution in [0.3, 0.4) is 0 Å². The molecule has 1 aromatic rings. The zero-order chi connectivity index (χ0) is 12.9. The number of carboxylic acid groups (broad SMARTS) is 1. The number of carbonyl (C=O) groups is 1. The summed E-state index contributed by atoms with van der Waals surface area (Å²) >= 11 is 0.969. The summed E-state index contributed by atoms with van der Waals surface area (Å²) in [5, 5.41) is 8.47. The number of hydrogen-bond donors (Lipinski definition) is 1. The lowest BCUT2D eigenvalue weighted by Gasteiger charge is -2.15. The van der Waals surface area contributed by atoms with Crippen LogP contribution in [-0.4, -0.2) is 23.0 Å². The van der Waals surface area contributed by atoms with E-state index in [2.05, 4.69) is 0 Å². The van der Waals surface area contributed by atoms with Crippen LogP contribution in [0.5, 0.6) is 0 Å². The molecule has 0 unspecified atom stereocenters. The molecule has 0 heterocycles. The molecule has 1 N–H and O–H groups in total. The molecule has 1 rings (SSSR count). The summed E-state index contributed by atoms with van der Waals surface area (Å²) in [5.41, 5.74) is 0.879. The van der Waals surface area contributed by atoms with Gasteiger partial charge < -0.3 is 5.11 Å². The van der Waals surface area contributed by atoms with Crippen molar-refractivity contribution in [2.24, 2.45) is 5.92 Å². The molecule has 0 radical (unpaired) electrons. The van der Waals surface area contributed by atoms with E-state index in [1.165, 1.54) is 0 Å². The number of rotatable bonds is 5. The number of carboxylic acids is 1. The van der Waals surface area contributed by atoms with E-state index < -0.39 is 23.8 Å². The second-order valence-corrected chi connectivity index (χ2v) is 4.46. The topological polar surface area (TPSA) is 37.3 Å². The first-order valence-corrected chi connectivity index (χ1v) is 5.98. The van der Waals surface area contributed by atoms with Gasteiger partial charge in [0, 0.05) is 11.5 Å². The van der Waals surface area contributed by atoms with Gasteiger partial charge in [0.1, 0.15) is 0 Å². The summed E-state index contributed by atoms with van der Waals surface area (Å²) in [6, 6.07) is 8.96. The Morgan fingerprint density at radius 3 is 2.35 bits per heavy atom.